The van der Waals surface area contributed by atoms with Crippen molar-refractivity contribution < 1.29 is 4.48 Å². The number of hydrogen-bond acceptors (Lipinski definition) is 1. The number of rotatable bonds is 10. The molecule has 0 aromatic heterocycles. The second kappa shape index (κ2) is 8.57. The molecule has 0 unspecified atom stereocenters. The first-order valence-corrected chi connectivity index (χ1v) is 9.13. The number of benzene rings is 1. The third-order valence-electron chi connectivity index (χ3n) is 5.68. The maximum Gasteiger partial charge on any atom is 0.0803 e. The van der Waals surface area contributed by atoms with Crippen molar-refractivity contribution in [1.82, 2.24) is 0 Å². The molecule has 1 aromatic rings. The SMILES string of the molecule is CCC(C)(C)c1ccccc1NCCC[N+](CC)(CC)CC. The minimum atomic E-state index is 0.236. The number of quaternary nitrogens is 1. The highest BCUT2D eigenvalue weighted by Gasteiger charge is 2.22. The van der Waals surface area contributed by atoms with Crippen molar-refractivity contribution in [2.24, 2.45) is 0 Å². The lowest BCUT2D eigenvalue weighted by atomic mass is 9.81. The van der Waals surface area contributed by atoms with Gasteiger partial charge in [0.1, 0.15) is 0 Å². The molecule has 0 radical (unpaired) electrons. The van der Waals surface area contributed by atoms with E-state index in [0.29, 0.717) is 0 Å². The van der Waals surface area contributed by atoms with Crippen LogP contribution in [0.1, 0.15) is 59.9 Å². The van der Waals surface area contributed by atoms with Gasteiger partial charge in [0, 0.05) is 18.7 Å². The van der Waals surface area contributed by atoms with Crippen LogP contribution in [-0.4, -0.2) is 37.2 Å². The molecule has 1 aromatic carbocycles. The summed E-state index contributed by atoms with van der Waals surface area (Å²) in [4.78, 5) is 0. The Balaban J connectivity index is 2.63. The van der Waals surface area contributed by atoms with E-state index in [9.17, 15) is 0 Å². The Morgan fingerprint density at radius 3 is 2.09 bits per heavy atom. The average Bonchev–Trinajstić information content (AvgIpc) is 2.56. The summed E-state index contributed by atoms with van der Waals surface area (Å²) in [6.07, 6.45) is 2.39. The van der Waals surface area contributed by atoms with Gasteiger partial charge in [0.2, 0.25) is 0 Å². The molecule has 22 heavy (non-hydrogen) atoms. The molecule has 126 valence electrons. The third kappa shape index (κ3) is 4.74. The number of hydrogen-bond donors (Lipinski definition) is 1. The number of anilines is 1. The zero-order valence-corrected chi connectivity index (χ0v) is 15.7. The van der Waals surface area contributed by atoms with E-state index < -0.39 is 0 Å². The van der Waals surface area contributed by atoms with Crippen molar-refractivity contribution in [1.29, 1.82) is 0 Å². The predicted molar refractivity (Wildman–Crippen MR) is 99.6 cm³/mol. The van der Waals surface area contributed by atoms with Crippen LogP contribution >= 0.6 is 0 Å². The van der Waals surface area contributed by atoms with Gasteiger partial charge < -0.3 is 9.80 Å². The molecule has 0 amide bonds. The van der Waals surface area contributed by atoms with Crippen molar-refractivity contribution in [2.75, 3.05) is 38.0 Å². The van der Waals surface area contributed by atoms with Crippen LogP contribution in [-0.2, 0) is 5.41 Å². The van der Waals surface area contributed by atoms with Gasteiger partial charge in [-0.1, -0.05) is 39.0 Å². The Labute approximate surface area is 138 Å². The number of nitrogens with one attached hydrogen (secondary N) is 1. The Kier molecular flexibility index (Phi) is 7.41. The van der Waals surface area contributed by atoms with E-state index in [1.54, 1.807) is 0 Å². The van der Waals surface area contributed by atoms with Crippen LogP contribution in [0.5, 0.6) is 0 Å². The van der Waals surface area contributed by atoms with Crippen LogP contribution < -0.4 is 5.32 Å². The third-order valence-corrected chi connectivity index (χ3v) is 5.68. The molecule has 0 aliphatic rings. The first kappa shape index (κ1) is 19.0. The zero-order valence-electron chi connectivity index (χ0n) is 15.7. The van der Waals surface area contributed by atoms with Gasteiger partial charge in [-0.15, -0.1) is 0 Å². The average molecular weight is 306 g/mol. The van der Waals surface area contributed by atoms with E-state index in [0.717, 1.165) is 13.0 Å². The summed E-state index contributed by atoms with van der Waals surface area (Å²) < 4.78 is 1.24. The van der Waals surface area contributed by atoms with Crippen molar-refractivity contribution in [3.05, 3.63) is 29.8 Å². The molecular weight excluding hydrogens is 268 g/mol. The maximum atomic E-state index is 3.69. The lowest BCUT2D eigenvalue weighted by Crippen LogP contribution is -2.48. The van der Waals surface area contributed by atoms with Crippen LogP contribution in [0.3, 0.4) is 0 Å². The standard InChI is InChI=1S/C20H37N2/c1-7-20(5,6)18-14-11-12-15-19(18)21-16-13-17-22(8-2,9-3)10-4/h11-12,14-15,21H,7-10,13,16-17H2,1-6H3/q+1. The molecule has 0 bridgehead atoms. The van der Waals surface area contributed by atoms with E-state index in [2.05, 4.69) is 71.1 Å². The van der Waals surface area contributed by atoms with Gasteiger partial charge in [0.05, 0.1) is 26.2 Å². The zero-order chi connectivity index (χ0) is 16.6. The van der Waals surface area contributed by atoms with Gasteiger partial charge in [-0.3, -0.25) is 0 Å². The van der Waals surface area contributed by atoms with E-state index in [1.165, 1.54) is 48.3 Å². The van der Waals surface area contributed by atoms with Crippen molar-refractivity contribution in [3.8, 4) is 0 Å². The first-order chi connectivity index (χ1) is 10.4. The molecule has 0 atom stereocenters. The summed E-state index contributed by atoms with van der Waals surface area (Å²) in [6.45, 7) is 20.0. The largest absolute Gasteiger partial charge is 0.385 e. The lowest BCUT2D eigenvalue weighted by Gasteiger charge is -2.36. The van der Waals surface area contributed by atoms with Gasteiger partial charge in [0.15, 0.2) is 0 Å². The molecule has 0 fully saturated rings. The second-order valence-corrected chi connectivity index (χ2v) is 7.08. The number of nitrogens with zero attached hydrogens (tertiary/aromatic N) is 1. The van der Waals surface area contributed by atoms with Crippen LogP contribution in [0, 0.1) is 0 Å². The van der Waals surface area contributed by atoms with Gasteiger partial charge in [0.25, 0.3) is 0 Å². The molecule has 0 spiro atoms. The number of para-hydroxylation sites is 1. The Morgan fingerprint density at radius 2 is 1.55 bits per heavy atom. The molecule has 2 nitrogen and oxygen atoms in total. The summed E-state index contributed by atoms with van der Waals surface area (Å²) in [6, 6.07) is 8.80. The monoisotopic (exact) mass is 305 g/mol. The van der Waals surface area contributed by atoms with Crippen molar-refractivity contribution in [3.63, 3.8) is 0 Å². The molecule has 0 aliphatic carbocycles. The molecule has 1 rings (SSSR count). The Hall–Kier alpha value is -1.02. The van der Waals surface area contributed by atoms with Gasteiger partial charge in [-0.2, -0.15) is 0 Å². The predicted octanol–water partition coefficient (Wildman–Crippen LogP) is 5.05. The molecule has 0 aliphatic heterocycles. The summed E-state index contributed by atoms with van der Waals surface area (Å²) in [7, 11) is 0. The highest BCUT2D eigenvalue weighted by atomic mass is 15.3. The minimum absolute atomic E-state index is 0.236. The topological polar surface area (TPSA) is 12.0 Å². The summed E-state index contributed by atoms with van der Waals surface area (Å²) in [5, 5.41) is 3.69. The van der Waals surface area contributed by atoms with E-state index in [4.69, 9.17) is 0 Å². The first-order valence-electron chi connectivity index (χ1n) is 9.13. The summed E-state index contributed by atoms with van der Waals surface area (Å²) >= 11 is 0. The van der Waals surface area contributed by atoms with Crippen molar-refractivity contribution in [2.45, 2.75) is 59.8 Å². The van der Waals surface area contributed by atoms with Gasteiger partial charge >= 0.3 is 0 Å². The fraction of sp³-hybridized carbons (Fsp3) is 0.700. The van der Waals surface area contributed by atoms with E-state index >= 15 is 0 Å². The smallest absolute Gasteiger partial charge is 0.0803 e. The maximum absolute atomic E-state index is 3.69. The van der Waals surface area contributed by atoms with Gasteiger partial charge in [-0.25, -0.2) is 0 Å². The van der Waals surface area contributed by atoms with E-state index in [1.807, 2.05) is 0 Å². The van der Waals surface area contributed by atoms with Crippen LogP contribution in [0.15, 0.2) is 24.3 Å². The van der Waals surface area contributed by atoms with Crippen LogP contribution in [0.4, 0.5) is 5.69 Å². The molecular formula is C20H37N2+. The van der Waals surface area contributed by atoms with Crippen LogP contribution in [0.2, 0.25) is 0 Å². The molecule has 0 heterocycles. The fourth-order valence-corrected chi connectivity index (χ4v) is 3.20. The Bertz CT molecular complexity index is 425. The molecule has 0 saturated heterocycles. The van der Waals surface area contributed by atoms with E-state index in [-0.39, 0.29) is 5.41 Å². The molecule has 1 N–H and O–H groups in total. The van der Waals surface area contributed by atoms with Gasteiger partial charge in [-0.05, 0) is 44.2 Å². The second-order valence-electron chi connectivity index (χ2n) is 7.08. The quantitative estimate of drug-likeness (QED) is 0.471. The normalized spacial score (nSPS) is 12.5. The summed E-state index contributed by atoms with van der Waals surface area (Å²) in [5.74, 6) is 0. The lowest BCUT2D eigenvalue weighted by molar-refractivity contribution is -0.923. The molecule has 0 saturated carbocycles. The van der Waals surface area contributed by atoms with Crippen LogP contribution in [0.25, 0.3) is 0 Å². The Morgan fingerprint density at radius 1 is 0.955 bits per heavy atom. The summed E-state index contributed by atoms with van der Waals surface area (Å²) in [5.41, 5.74) is 3.00. The van der Waals surface area contributed by atoms with Crippen molar-refractivity contribution >= 4 is 5.69 Å². The highest BCUT2D eigenvalue weighted by Crippen LogP contribution is 2.32. The fourth-order valence-electron chi connectivity index (χ4n) is 3.20. The molecule has 2 heteroatoms. The minimum Gasteiger partial charge on any atom is -0.385 e. The highest BCUT2D eigenvalue weighted by molar-refractivity contribution is 5.54.